The molecule has 0 bridgehead atoms. The average Bonchev–Trinajstić information content (AvgIpc) is 2.49. The van der Waals surface area contributed by atoms with E-state index in [-0.39, 0.29) is 0 Å². The highest BCUT2D eigenvalue weighted by Crippen LogP contribution is 2.23. The van der Waals surface area contributed by atoms with Crippen LogP contribution in [-0.4, -0.2) is 10.5 Å². The molecule has 2 rings (SSSR count). The summed E-state index contributed by atoms with van der Waals surface area (Å²) in [6, 6.07) is 16.3. The van der Waals surface area contributed by atoms with Gasteiger partial charge in [-0.15, -0.1) is 0 Å². The minimum atomic E-state index is -0.805. The van der Waals surface area contributed by atoms with Crippen molar-refractivity contribution >= 4 is 33.7 Å². The maximum Gasteiger partial charge on any atom is 0.243 e. The van der Waals surface area contributed by atoms with E-state index in [0.717, 1.165) is 0 Å². The van der Waals surface area contributed by atoms with Crippen LogP contribution in [0.5, 0.6) is 0 Å². The number of benzene rings is 2. The van der Waals surface area contributed by atoms with Crippen molar-refractivity contribution in [1.29, 1.82) is 0 Å². The van der Waals surface area contributed by atoms with Gasteiger partial charge in [-0.3, -0.25) is 14.9 Å². The van der Waals surface area contributed by atoms with Gasteiger partial charge in [-0.25, -0.2) is 0 Å². The van der Waals surface area contributed by atoms with E-state index in [2.05, 4.69) is 5.32 Å². The lowest BCUT2D eigenvalue weighted by Gasteiger charge is -2.21. The van der Waals surface area contributed by atoms with Crippen LogP contribution in [0.15, 0.2) is 60.7 Å². The Bertz CT molecular complexity index is 561. The zero-order chi connectivity index (χ0) is 15.2. The van der Waals surface area contributed by atoms with Crippen molar-refractivity contribution in [3.05, 3.63) is 71.8 Å². The summed E-state index contributed by atoms with van der Waals surface area (Å²) < 4.78 is 0. The van der Waals surface area contributed by atoms with Crippen LogP contribution in [0.4, 0.5) is 0 Å². The molecule has 0 aromatic heterocycles. The number of halogens is 2. The molecule has 2 atom stereocenters. The zero-order valence-corrected chi connectivity index (χ0v) is 12.5. The van der Waals surface area contributed by atoms with E-state index in [9.17, 15) is 9.59 Å². The number of nitrogens with one attached hydrogen (secondary N) is 1. The molecule has 21 heavy (non-hydrogen) atoms. The Hall–Kier alpha value is -1.68. The summed E-state index contributed by atoms with van der Waals surface area (Å²) >= 11 is 11.3. The molecule has 0 fully saturated rings. The van der Waals surface area contributed by atoms with Crippen LogP contribution >= 0.6 is 23.2 Å². The molecule has 0 spiro atoms. The molecule has 2 aromatic rings. The first kappa shape index (κ1) is 15.7. The van der Waals surface area contributed by atoms with Crippen LogP contribution in [0.3, 0.4) is 0 Å². The molecular weight excluding hydrogens is 309 g/mol. The molecule has 0 saturated heterocycles. The van der Waals surface area contributed by atoms with E-state index >= 15 is 0 Å². The molecule has 3 nitrogen and oxygen atoms in total. The van der Waals surface area contributed by atoms with Crippen molar-refractivity contribution in [2.24, 2.45) is 0 Å². The van der Waals surface area contributed by atoms with Crippen molar-refractivity contribution in [2.75, 3.05) is 0 Å². The van der Waals surface area contributed by atoms with E-state index in [1.807, 2.05) is 12.1 Å². The van der Waals surface area contributed by atoms with Crippen LogP contribution < -0.4 is 5.32 Å². The van der Waals surface area contributed by atoms with Crippen molar-refractivity contribution in [2.45, 2.75) is 12.1 Å². The van der Waals surface area contributed by atoms with Gasteiger partial charge in [-0.1, -0.05) is 60.7 Å². The van der Waals surface area contributed by atoms with Gasteiger partial charge in [0.2, 0.25) is 10.5 Å². The van der Waals surface area contributed by atoms with Gasteiger partial charge in [-0.05, 0) is 34.3 Å². The average molecular weight is 322 g/mol. The molecule has 2 aromatic carbocycles. The molecule has 0 saturated carbocycles. The number of carbonyl (C=O) groups is 2. The number of rotatable bonds is 6. The first-order valence-electron chi connectivity index (χ1n) is 6.34. The second-order valence-electron chi connectivity index (χ2n) is 4.46. The van der Waals surface area contributed by atoms with Gasteiger partial charge in [0.1, 0.15) is 12.1 Å². The van der Waals surface area contributed by atoms with Crippen LogP contribution in [-0.2, 0) is 9.59 Å². The van der Waals surface area contributed by atoms with Crippen LogP contribution in [0.2, 0.25) is 0 Å². The predicted octanol–water partition coefficient (Wildman–Crippen LogP) is 3.59. The minimum absolute atomic E-state index is 0.597. The Labute approximate surface area is 132 Å². The summed E-state index contributed by atoms with van der Waals surface area (Å²) in [6.07, 6.45) is 0. The molecule has 0 amide bonds. The van der Waals surface area contributed by atoms with Gasteiger partial charge >= 0.3 is 0 Å². The van der Waals surface area contributed by atoms with E-state index in [1.165, 1.54) is 0 Å². The van der Waals surface area contributed by atoms with Crippen molar-refractivity contribution in [3.8, 4) is 0 Å². The number of hydrogen-bond donors (Lipinski definition) is 1. The summed E-state index contributed by atoms with van der Waals surface area (Å²) in [5.74, 6) is 0. The fourth-order valence-electron chi connectivity index (χ4n) is 2.04. The topological polar surface area (TPSA) is 46.2 Å². The molecule has 5 heteroatoms. The quantitative estimate of drug-likeness (QED) is 0.827. The number of hydrogen-bond acceptors (Lipinski definition) is 3. The van der Waals surface area contributed by atoms with Crippen molar-refractivity contribution in [3.63, 3.8) is 0 Å². The van der Waals surface area contributed by atoms with E-state index in [0.29, 0.717) is 11.1 Å². The monoisotopic (exact) mass is 321 g/mol. The third kappa shape index (κ3) is 4.14. The first-order chi connectivity index (χ1) is 10.1. The maximum atomic E-state index is 11.7. The van der Waals surface area contributed by atoms with Crippen molar-refractivity contribution < 1.29 is 9.59 Å². The second-order valence-corrected chi connectivity index (χ2v) is 5.21. The SMILES string of the molecule is O=C(Cl)[C@@H](N[C@@H](C(=O)Cl)c1ccccc1)c1ccccc1. The third-order valence-electron chi connectivity index (χ3n) is 3.05. The maximum absolute atomic E-state index is 11.7. The van der Waals surface area contributed by atoms with E-state index in [4.69, 9.17) is 23.2 Å². The van der Waals surface area contributed by atoms with Gasteiger partial charge in [0.15, 0.2) is 0 Å². The molecule has 0 unspecified atom stereocenters. The first-order valence-corrected chi connectivity index (χ1v) is 7.10. The molecule has 0 heterocycles. The second kappa shape index (κ2) is 7.36. The Morgan fingerprint density at radius 2 is 1.05 bits per heavy atom. The largest absolute Gasteiger partial charge is 0.288 e. The Morgan fingerprint density at radius 3 is 1.33 bits per heavy atom. The Kier molecular flexibility index (Phi) is 5.51. The lowest BCUT2D eigenvalue weighted by atomic mass is 10.0. The van der Waals surface area contributed by atoms with Gasteiger partial charge < -0.3 is 0 Å². The molecule has 0 aliphatic rings. The normalized spacial score (nSPS) is 13.4. The predicted molar refractivity (Wildman–Crippen MR) is 83.2 cm³/mol. The Morgan fingerprint density at radius 1 is 0.714 bits per heavy atom. The highest BCUT2D eigenvalue weighted by molar-refractivity contribution is 6.65. The van der Waals surface area contributed by atoms with Gasteiger partial charge in [0.05, 0.1) is 0 Å². The van der Waals surface area contributed by atoms with E-state index in [1.54, 1.807) is 48.5 Å². The van der Waals surface area contributed by atoms with E-state index < -0.39 is 22.6 Å². The summed E-state index contributed by atoms with van der Waals surface area (Å²) in [5, 5.41) is 1.73. The lowest BCUT2D eigenvalue weighted by molar-refractivity contribution is -0.115. The van der Waals surface area contributed by atoms with Gasteiger partial charge in [0.25, 0.3) is 0 Å². The van der Waals surface area contributed by atoms with Gasteiger partial charge in [0, 0.05) is 0 Å². The van der Waals surface area contributed by atoms with Crippen LogP contribution in [0.25, 0.3) is 0 Å². The highest BCUT2D eigenvalue weighted by Gasteiger charge is 2.26. The van der Waals surface area contributed by atoms with Crippen LogP contribution in [0.1, 0.15) is 23.2 Å². The minimum Gasteiger partial charge on any atom is -0.288 e. The summed E-state index contributed by atoms with van der Waals surface area (Å²) in [4.78, 5) is 23.4. The molecule has 0 aliphatic heterocycles. The standard InChI is InChI=1S/C16H13Cl2NO2/c17-15(20)13(11-7-3-1-4-8-11)19-14(16(18)21)12-9-5-2-6-10-12/h1-10,13-14,19H/t13-,14+. The van der Waals surface area contributed by atoms with Crippen molar-refractivity contribution in [1.82, 2.24) is 5.32 Å². The lowest BCUT2D eigenvalue weighted by Crippen LogP contribution is -2.33. The van der Waals surface area contributed by atoms with Gasteiger partial charge in [-0.2, -0.15) is 0 Å². The van der Waals surface area contributed by atoms with Crippen LogP contribution in [0, 0.1) is 0 Å². The smallest absolute Gasteiger partial charge is 0.243 e. The summed E-state index contributed by atoms with van der Waals surface area (Å²) in [7, 11) is 0. The Balaban J connectivity index is 2.30. The fraction of sp³-hybridized carbons (Fsp3) is 0.125. The summed E-state index contributed by atoms with van der Waals surface area (Å²) in [5.41, 5.74) is 1.35. The zero-order valence-electron chi connectivity index (χ0n) is 11.0. The molecular formula is C16H13Cl2NO2. The molecule has 1 N–H and O–H groups in total. The fourth-order valence-corrected chi connectivity index (χ4v) is 2.42. The molecule has 0 aliphatic carbocycles. The third-order valence-corrected chi connectivity index (χ3v) is 3.49. The number of carbonyl (C=O) groups excluding carboxylic acids is 2. The molecule has 0 radical (unpaired) electrons. The summed E-state index contributed by atoms with van der Waals surface area (Å²) in [6.45, 7) is 0. The highest BCUT2D eigenvalue weighted by atomic mass is 35.5. The molecule has 108 valence electrons.